The van der Waals surface area contributed by atoms with Gasteiger partial charge in [-0.1, -0.05) is 15.9 Å². The summed E-state index contributed by atoms with van der Waals surface area (Å²) < 4.78 is 15.1. The second-order valence-corrected chi connectivity index (χ2v) is 5.83. The highest BCUT2D eigenvalue weighted by Crippen LogP contribution is 2.26. The van der Waals surface area contributed by atoms with Gasteiger partial charge in [0.1, 0.15) is 5.82 Å². The monoisotopic (exact) mass is 387 g/mol. The van der Waals surface area contributed by atoms with Crippen molar-refractivity contribution in [3.63, 3.8) is 0 Å². The van der Waals surface area contributed by atoms with Crippen LogP contribution in [0.3, 0.4) is 0 Å². The van der Waals surface area contributed by atoms with Crippen LogP contribution in [-0.4, -0.2) is 4.98 Å². The molecule has 2 rings (SSSR count). The average molecular weight is 389 g/mol. The van der Waals surface area contributed by atoms with Crippen LogP contribution in [0.5, 0.6) is 0 Å². The summed E-state index contributed by atoms with van der Waals surface area (Å²) in [5, 5.41) is 0. The maximum atomic E-state index is 13.3. The summed E-state index contributed by atoms with van der Waals surface area (Å²) in [5.41, 5.74) is 4.35. The highest BCUT2D eigenvalue weighted by molar-refractivity contribution is 9.10. The summed E-state index contributed by atoms with van der Waals surface area (Å²) in [6, 6.07) is 8.15. The summed E-state index contributed by atoms with van der Waals surface area (Å²) in [5.74, 6) is 5.28. The molecule has 0 bridgehead atoms. The topological polar surface area (TPSA) is 50.9 Å². The van der Waals surface area contributed by atoms with Crippen molar-refractivity contribution in [2.75, 3.05) is 0 Å². The minimum atomic E-state index is -0.290. The van der Waals surface area contributed by atoms with Gasteiger partial charge in [0.15, 0.2) is 0 Å². The van der Waals surface area contributed by atoms with Crippen molar-refractivity contribution in [1.29, 1.82) is 0 Å². The first-order chi connectivity index (χ1) is 9.10. The smallest absolute Gasteiger partial charge is 0.123 e. The number of halogens is 3. The number of rotatable bonds is 4. The first kappa shape index (κ1) is 14.6. The Morgan fingerprint density at radius 3 is 2.68 bits per heavy atom. The van der Waals surface area contributed by atoms with Gasteiger partial charge >= 0.3 is 0 Å². The standard InChI is InChI=1S/C13H12Br2FN3/c14-8-1-3-10(18-7-8)6-13(19-17)11-5-9(16)2-4-12(11)15/h1-5,7,13,19H,6,17H2. The van der Waals surface area contributed by atoms with Gasteiger partial charge < -0.3 is 0 Å². The number of benzene rings is 1. The molecule has 1 aromatic carbocycles. The Morgan fingerprint density at radius 1 is 1.26 bits per heavy atom. The van der Waals surface area contributed by atoms with Crippen LogP contribution in [0.25, 0.3) is 0 Å². The molecule has 100 valence electrons. The number of hydrogen-bond donors (Lipinski definition) is 2. The van der Waals surface area contributed by atoms with E-state index in [0.29, 0.717) is 6.42 Å². The molecule has 0 radical (unpaired) electrons. The van der Waals surface area contributed by atoms with Crippen LogP contribution in [0.1, 0.15) is 17.3 Å². The normalized spacial score (nSPS) is 12.4. The molecule has 1 atom stereocenters. The van der Waals surface area contributed by atoms with Crippen molar-refractivity contribution >= 4 is 31.9 Å². The third-order valence-corrected chi connectivity index (χ3v) is 3.93. The summed E-state index contributed by atoms with van der Waals surface area (Å²) in [6.45, 7) is 0. The molecular formula is C13H12Br2FN3. The Labute approximate surface area is 127 Å². The lowest BCUT2D eigenvalue weighted by molar-refractivity contribution is 0.537. The molecule has 0 saturated carbocycles. The van der Waals surface area contributed by atoms with Gasteiger partial charge in [0, 0.05) is 27.3 Å². The molecule has 3 nitrogen and oxygen atoms in total. The summed E-state index contributed by atoms with van der Waals surface area (Å²) >= 11 is 6.74. The number of nitrogens with one attached hydrogen (secondary N) is 1. The van der Waals surface area contributed by atoms with Gasteiger partial charge in [-0.05, 0) is 51.8 Å². The molecule has 2 aromatic rings. The van der Waals surface area contributed by atoms with Crippen molar-refractivity contribution < 1.29 is 4.39 Å². The van der Waals surface area contributed by atoms with Crippen LogP contribution in [0.2, 0.25) is 0 Å². The van der Waals surface area contributed by atoms with E-state index in [1.165, 1.54) is 12.1 Å². The van der Waals surface area contributed by atoms with Crippen molar-refractivity contribution in [3.05, 3.63) is 62.5 Å². The predicted octanol–water partition coefficient (Wildman–Crippen LogP) is 3.49. The Morgan fingerprint density at radius 2 is 2.05 bits per heavy atom. The number of hydrazine groups is 1. The minimum Gasteiger partial charge on any atom is -0.271 e. The van der Waals surface area contributed by atoms with E-state index in [4.69, 9.17) is 5.84 Å². The number of aromatic nitrogens is 1. The van der Waals surface area contributed by atoms with Crippen LogP contribution >= 0.6 is 31.9 Å². The quantitative estimate of drug-likeness (QED) is 0.622. The van der Waals surface area contributed by atoms with Gasteiger partial charge in [-0.2, -0.15) is 0 Å². The van der Waals surface area contributed by atoms with Crippen molar-refractivity contribution in [3.8, 4) is 0 Å². The van der Waals surface area contributed by atoms with Crippen molar-refractivity contribution in [2.24, 2.45) is 5.84 Å². The van der Waals surface area contributed by atoms with Crippen LogP contribution in [-0.2, 0) is 6.42 Å². The van der Waals surface area contributed by atoms with E-state index in [9.17, 15) is 4.39 Å². The minimum absolute atomic E-state index is 0.209. The molecule has 0 saturated heterocycles. The van der Waals surface area contributed by atoms with E-state index in [2.05, 4.69) is 42.3 Å². The Kier molecular flexibility index (Phi) is 5.04. The number of pyridine rings is 1. The van der Waals surface area contributed by atoms with E-state index in [1.54, 1.807) is 12.3 Å². The molecule has 6 heteroatoms. The Hall–Kier alpha value is -0.820. The van der Waals surface area contributed by atoms with Gasteiger partial charge in [-0.3, -0.25) is 16.3 Å². The molecule has 1 unspecified atom stereocenters. The van der Waals surface area contributed by atoms with Gasteiger partial charge in [0.25, 0.3) is 0 Å². The molecule has 3 N–H and O–H groups in total. The number of nitrogens with zero attached hydrogens (tertiary/aromatic N) is 1. The zero-order chi connectivity index (χ0) is 13.8. The Bertz CT molecular complexity index is 560. The molecule has 0 amide bonds. The zero-order valence-corrected chi connectivity index (χ0v) is 13.1. The molecule has 0 aliphatic heterocycles. The molecule has 0 spiro atoms. The van der Waals surface area contributed by atoms with Gasteiger partial charge in [-0.15, -0.1) is 0 Å². The van der Waals surface area contributed by atoms with Crippen LogP contribution in [0.15, 0.2) is 45.5 Å². The highest BCUT2D eigenvalue weighted by atomic mass is 79.9. The molecule has 0 aliphatic rings. The maximum absolute atomic E-state index is 13.3. The van der Waals surface area contributed by atoms with Crippen LogP contribution in [0.4, 0.5) is 4.39 Å². The lowest BCUT2D eigenvalue weighted by Crippen LogP contribution is -2.30. The van der Waals surface area contributed by atoms with E-state index < -0.39 is 0 Å². The number of nitrogens with two attached hydrogens (primary N) is 1. The van der Waals surface area contributed by atoms with Gasteiger partial charge in [-0.25, -0.2) is 4.39 Å². The lowest BCUT2D eigenvalue weighted by atomic mass is 10.0. The van der Waals surface area contributed by atoms with E-state index >= 15 is 0 Å². The summed E-state index contributed by atoms with van der Waals surface area (Å²) in [6.07, 6.45) is 2.30. The summed E-state index contributed by atoms with van der Waals surface area (Å²) in [7, 11) is 0. The molecule has 19 heavy (non-hydrogen) atoms. The van der Waals surface area contributed by atoms with Gasteiger partial charge in [0.05, 0.1) is 6.04 Å². The summed E-state index contributed by atoms with van der Waals surface area (Å²) in [4.78, 5) is 4.29. The first-order valence-corrected chi connectivity index (χ1v) is 7.20. The largest absolute Gasteiger partial charge is 0.271 e. The second kappa shape index (κ2) is 6.56. The fraction of sp³-hybridized carbons (Fsp3) is 0.154. The van der Waals surface area contributed by atoms with Crippen LogP contribution in [0, 0.1) is 5.82 Å². The van der Waals surface area contributed by atoms with Crippen LogP contribution < -0.4 is 11.3 Å². The maximum Gasteiger partial charge on any atom is 0.123 e. The SMILES string of the molecule is NNC(Cc1ccc(Br)cn1)c1cc(F)ccc1Br. The molecular weight excluding hydrogens is 377 g/mol. The third-order valence-electron chi connectivity index (χ3n) is 2.74. The van der Waals surface area contributed by atoms with Gasteiger partial charge in [0.2, 0.25) is 0 Å². The first-order valence-electron chi connectivity index (χ1n) is 5.61. The fourth-order valence-electron chi connectivity index (χ4n) is 1.78. The highest BCUT2D eigenvalue weighted by Gasteiger charge is 2.15. The van der Waals surface area contributed by atoms with Crippen molar-refractivity contribution in [2.45, 2.75) is 12.5 Å². The van der Waals surface area contributed by atoms with Crippen molar-refractivity contribution in [1.82, 2.24) is 10.4 Å². The molecule has 1 heterocycles. The Balaban J connectivity index is 2.24. The third kappa shape index (κ3) is 3.82. The zero-order valence-electron chi connectivity index (χ0n) is 9.91. The van der Waals surface area contributed by atoms with E-state index in [0.717, 1.165) is 20.2 Å². The predicted molar refractivity (Wildman–Crippen MR) is 79.8 cm³/mol. The molecule has 0 fully saturated rings. The number of hydrogen-bond acceptors (Lipinski definition) is 3. The van der Waals surface area contributed by atoms with E-state index in [1.807, 2.05) is 12.1 Å². The van der Waals surface area contributed by atoms with E-state index in [-0.39, 0.29) is 11.9 Å². The fourth-order valence-corrected chi connectivity index (χ4v) is 2.53. The average Bonchev–Trinajstić information content (AvgIpc) is 2.41. The second-order valence-electron chi connectivity index (χ2n) is 4.06. The lowest BCUT2D eigenvalue weighted by Gasteiger charge is -2.17. The molecule has 0 aliphatic carbocycles. The molecule has 1 aromatic heterocycles.